The molecule has 0 N–H and O–H groups in total. The van der Waals surface area contributed by atoms with Gasteiger partial charge in [0.15, 0.2) is 0 Å². The van der Waals surface area contributed by atoms with Gasteiger partial charge in [0.1, 0.15) is 5.41 Å². The molecule has 1 aromatic carbocycles. The fourth-order valence-electron chi connectivity index (χ4n) is 2.18. The summed E-state index contributed by atoms with van der Waals surface area (Å²) in [5.74, 6) is 0.577. The molecule has 1 aliphatic carbocycles. The van der Waals surface area contributed by atoms with E-state index in [2.05, 4.69) is 10.1 Å². The molecule has 1 aliphatic rings. The first-order valence-corrected chi connectivity index (χ1v) is 6.16. The van der Waals surface area contributed by atoms with Gasteiger partial charge in [-0.3, -0.25) is 4.79 Å². The molecular weight excluding hydrogens is 244 g/mol. The molecule has 5 nitrogen and oxygen atoms in total. The molecule has 5 heteroatoms. The van der Waals surface area contributed by atoms with E-state index in [4.69, 9.17) is 9.26 Å². The predicted octanol–water partition coefficient (Wildman–Crippen LogP) is 2.25. The van der Waals surface area contributed by atoms with Crippen molar-refractivity contribution in [1.29, 1.82) is 0 Å². The molecule has 1 saturated carbocycles. The van der Waals surface area contributed by atoms with Crippen molar-refractivity contribution in [2.24, 2.45) is 0 Å². The van der Waals surface area contributed by atoms with E-state index in [0.29, 0.717) is 24.6 Å². The summed E-state index contributed by atoms with van der Waals surface area (Å²) >= 11 is 0. The normalized spacial score (nSPS) is 16.1. The summed E-state index contributed by atoms with van der Waals surface area (Å²) in [6.45, 7) is 1.98. The zero-order valence-electron chi connectivity index (χ0n) is 10.8. The molecule has 98 valence electrons. The molecule has 0 saturated heterocycles. The van der Waals surface area contributed by atoms with Crippen molar-refractivity contribution in [3.63, 3.8) is 0 Å². The summed E-state index contributed by atoms with van der Waals surface area (Å²) in [6, 6.07) is 7.79. The molecule has 19 heavy (non-hydrogen) atoms. The lowest BCUT2D eigenvalue weighted by Crippen LogP contribution is -2.22. The van der Waals surface area contributed by atoms with Crippen LogP contribution >= 0.6 is 0 Å². The third kappa shape index (κ3) is 1.82. The largest absolute Gasteiger partial charge is 0.468 e. The van der Waals surface area contributed by atoms with Gasteiger partial charge in [0.25, 0.3) is 0 Å². The van der Waals surface area contributed by atoms with Crippen molar-refractivity contribution < 1.29 is 14.1 Å². The van der Waals surface area contributed by atoms with Crippen LogP contribution in [0, 0.1) is 6.92 Å². The zero-order chi connectivity index (χ0) is 13.5. The van der Waals surface area contributed by atoms with E-state index < -0.39 is 5.41 Å². The number of methoxy groups -OCH3 is 1. The van der Waals surface area contributed by atoms with Crippen molar-refractivity contribution in [2.45, 2.75) is 25.2 Å². The Morgan fingerprint density at radius 3 is 2.74 bits per heavy atom. The van der Waals surface area contributed by atoms with Crippen molar-refractivity contribution in [2.75, 3.05) is 7.11 Å². The number of hydrogen-bond donors (Lipinski definition) is 0. The number of rotatable bonds is 3. The molecule has 0 radical (unpaired) electrons. The van der Waals surface area contributed by atoms with Crippen molar-refractivity contribution in [3.8, 4) is 11.4 Å². The number of ether oxygens (including phenoxy) is 1. The van der Waals surface area contributed by atoms with Gasteiger partial charge in [-0.05, 0) is 25.3 Å². The van der Waals surface area contributed by atoms with E-state index in [1.807, 2.05) is 31.2 Å². The topological polar surface area (TPSA) is 65.2 Å². The van der Waals surface area contributed by atoms with E-state index in [0.717, 1.165) is 11.1 Å². The van der Waals surface area contributed by atoms with Crippen LogP contribution < -0.4 is 0 Å². The van der Waals surface area contributed by atoms with Crippen LogP contribution in [0.2, 0.25) is 0 Å². The first-order chi connectivity index (χ1) is 9.17. The maximum absolute atomic E-state index is 11.8. The average molecular weight is 258 g/mol. The molecule has 1 aromatic heterocycles. The van der Waals surface area contributed by atoms with Crippen LogP contribution in [-0.2, 0) is 14.9 Å². The van der Waals surface area contributed by atoms with Gasteiger partial charge in [0.05, 0.1) is 7.11 Å². The second-order valence-electron chi connectivity index (χ2n) is 4.81. The smallest absolute Gasteiger partial charge is 0.321 e. The highest BCUT2D eigenvalue weighted by Gasteiger charge is 2.57. The highest BCUT2D eigenvalue weighted by atomic mass is 16.5. The highest BCUT2D eigenvalue weighted by molar-refractivity contribution is 5.85. The minimum absolute atomic E-state index is 0.299. The Morgan fingerprint density at radius 2 is 2.11 bits per heavy atom. The second kappa shape index (κ2) is 4.19. The standard InChI is InChI=1S/C14H14N2O3/c1-9-5-3-4-6-10(9)11-15-12(19-16-11)14(7-8-14)13(17)18-2/h3-6H,7-8H2,1-2H3. The maximum atomic E-state index is 11.8. The number of esters is 1. The lowest BCUT2D eigenvalue weighted by atomic mass is 10.1. The Morgan fingerprint density at radius 1 is 1.37 bits per heavy atom. The predicted molar refractivity (Wildman–Crippen MR) is 67.4 cm³/mol. The van der Waals surface area contributed by atoms with Gasteiger partial charge in [-0.15, -0.1) is 0 Å². The van der Waals surface area contributed by atoms with Crippen molar-refractivity contribution in [3.05, 3.63) is 35.7 Å². The molecule has 0 spiro atoms. The third-order valence-corrected chi connectivity index (χ3v) is 3.55. The molecule has 3 rings (SSSR count). The summed E-state index contributed by atoms with van der Waals surface area (Å²) in [5.41, 5.74) is 1.28. The lowest BCUT2D eigenvalue weighted by molar-refractivity contribution is -0.144. The summed E-state index contributed by atoms with van der Waals surface area (Å²) < 4.78 is 10.1. The number of aryl methyl sites for hydroxylation is 1. The summed E-state index contributed by atoms with van der Waals surface area (Å²) in [7, 11) is 1.38. The third-order valence-electron chi connectivity index (χ3n) is 3.55. The number of carbonyl (C=O) groups excluding carboxylic acids is 1. The number of aromatic nitrogens is 2. The second-order valence-corrected chi connectivity index (χ2v) is 4.81. The fraction of sp³-hybridized carbons (Fsp3) is 0.357. The molecule has 2 aromatic rings. The first-order valence-electron chi connectivity index (χ1n) is 6.16. The Bertz CT molecular complexity index is 629. The van der Waals surface area contributed by atoms with Crippen LogP contribution in [0.4, 0.5) is 0 Å². The average Bonchev–Trinajstić information content (AvgIpc) is 3.10. The molecule has 0 unspecified atom stereocenters. The van der Waals surface area contributed by atoms with Gasteiger partial charge in [-0.25, -0.2) is 0 Å². The van der Waals surface area contributed by atoms with E-state index in [9.17, 15) is 4.79 Å². The number of hydrogen-bond acceptors (Lipinski definition) is 5. The Labute approximate surface area is 110 Å². The fourth-order valence-corrected chi connectivity index (χ4v) is 2.18. The Balaban J connectivity index is 1.97. The van der Waals surface area contributed by atoms with Crippen LogP contribution in [0.3, 0.4) is 0 Å². The van der Waals surface area contributed by atoms with Crippen molar-refractivity contribution >= 4 is 5.97 Å². The van der Waals surface area contributed by atoms with Gasteiger partial charge >= 0.3 is 5.97 Å². The van der Waals surface area contributed by atoms with E-state index in [1.54, 1.807) is 0 Å². The summed E-state index contributed by atoms with van der Waals surface area (Å²) in [4.78, 5) is 16.1. The highest BCUT2D eigenvalue weighted by Crippen LogP contribution is 2.48. The lowest BCUT2D eigenvalue weighted by Gasteiger charge is -2.05. The van der Waals surface area contributed by atoms with E-state index >= 15 is 0 Å². The quantitative estimate of drug-likeness (QED) is 0.790. The van der Waals surface area contributed by atoms with Crippen LogP contribution in [0.15, 0.2) is 28.8 Å². The molecule has 0 aliphatic heterocycles. The monoisotopic (exact) mass is 258 g/mol. The SMILES string of the molecule is COC(=O)C1(c2nc(-c3ccccc3C)no2)CC1. The van der Waals surface area contributed by atoms with Gasteiger partial charge < -0.3 is 9.26 Å². The Kier molecular flexibility index (Phi) is 2.62. The van der Waals surface area contributed by atoms with Gasteiger partial charge in [0.2, 0.25) is 11.7 Å². The van der Waals surface area contributed by atoms with Crippen molar-refractivity contribution in [1.82, 2.24) is 10.1 Å². The van der Waals surface area contributed by atoms with E-state index in [1.165, 1.54) is 7.11 Å². The van der Waals surface area contributed by atoms with E-state index in [-0.39, 0.29) is 5.97 Å². The number of benzene rings is 1. The minimum atomic E-state index is -0.706. The van der Waals surface area contributed by atoms with Gasteiger partial charge in [-0.2, -0.15) is 4.98 Å². The summed E-state index contributed by atoms with van der Waals surface area (Å²) in [6.07, 6.45) is 1.41. The molecular formula is C14H14N2O3. The van der Waals surface area contributed by atoms with Crippen LogP contribution in [0.5, 0.6) is 0 Å². The van der Waals surface area contributed by atoms with Gasteiger partial charge in [-0.1, -0.05) is 29.4 Å². The molecule has 1 fully saturated rings. The van der Waals surface area contributed by atoms with Crippen LogP contribution in [0.1, 0.15) is 24.3 Å². The minimum Gasteiger partial charge on any atom is -0.468 e. The first kappa shape index (κ1) is 11.9. The van der Waals surface area contributed by atoms with Gasteiger partial charge in [0, 0.05) is 5.56 Å². The number of carbonyl (C=O) groups is 1. The van der Waals surface area contributed by atoms with Crippen LogP contribution in [-0.4, -0.2) is 23.2 Å². The molecule has 0 bridgehead atoms. The maximum Gasteiger partial charge on any atom is 0.321 e. The summed E-state index contributed by atoms with van der Waals surface area (Å²) in [5, 5.41) is 3.98. The molecule has 0 amide bonds. The Hall–Kier alpha value is -2.17. The number of nitrogens with zero attached hydrogens (tertiary/aromatic N) is 2. The molecule has 1 heterocycles. The molecule has 0 atom stereocenters. The van der Waals surface area contributed by atoms with Crippen LogP contribution in [0.25, 0.3) is 11.4 Å². The zero-order valence-corrected chi connectivity index (χ0v) is 10.8.